The molecule has 1 saturated heterocycles. The van der Waals surface area contributed by atoms with Crippen LogP contribution < -0.4 is 16.4 Å². The van der Waals surface area contributed by atoms with Crippen LogP contribution in [-0.4, -0.2) is 43.7 Å². The minimum atomic E-state index is -0.892. The van der Waals surface area contributed by atoms with Gasteiger partial charge in [0.2, 0.25) is 11.8 Å². The Morgan fingerprint density at radius 2 is 1.89 bits per heavy atom. The van der Waals surface area contributed by atoms with Gasteiger partial charge in [0.25, 0.3) is 0 Å². The molecule has 6 heteroatoms. The molecule has 0 aromatic heterocycles. The zero-order chi connectivity index (χ0) is 13.6. The molecule has 1 aliphatic heterocycles. The monoisotopic (exact) mass is 257 g/mol. The van der Waals surface area contributed by atoms with Gasteiger partial charge in [0.15, 0.2) is 0 Å². The number of hydrogen-bond acceptors (Lipinski definition) is 4. The molecule has 1 aliphatic rings. The summed E-state index contributed by atoms with van der Waals surface area (Å²) in [4.78, 5) is 23.3. The molecule has 0 aromatic rings. The molecule has 0 atom stereocenters. The highest BCUT2D eigenvalue weighted by Crippen LogP contribution is 2.17. The highest BCUT2D eigenvalue weighted by Gasteiger charge is 2.35. The molecular weight excluding hydrogens is 234 g/mol. The fourth-order valence-electron chi connectivity index (χ4n) is 1.68. The Labute approximate surface area is 108 Å². The first-order valence-electron chi connectivity index (χ1n) is 6.35. The van der Waals surface area contributed by atoms with Crippen molar-refractivity contribution < 1.29 is 14.3 Å². The maximum absolute atomic E-state index is 11.9. The van der Waals surface area contributed by atoms with Crippen molar-refractivity contribution in [1.29, 1.82) is 0 Å². The second kappa shape index (κ2) is 6.70. The molecule has 0 bridgehead atoms. The second-order valence-electron chi connectivity index (χ2n) is 5.15. The fraction of sp³-hybridized carbons (Fsp3) is 0.833. The van der Waals surface area contributed by atoms with Gasteiger partial charge in [0, 0.05) is 19.8 Å². The number of amides is 2. The van der Waals surface area contributed by atoms with E-state index in [1.165, 1.54) is 0 Å². The van der Waals surface area contributed by atoms with Crippen molar-refractivity contribution in [3.63, 3.8) is 0 Å². The smallest absolute Gasteiger partial charge is 0.240 e. The van der Waals surface area contributed by atoms with E-state index in [0.29, 0.717) is 38.5 Å². The van der Waals surface area contributed by atoms with Crippen LogP contribution in [0.5, 0.6) is 0 Å². The zero-order valence-corrected chi connectivity index (χ0v) is 11.1. The van der Waals surface area contributed by atoms with E-state index in [-0.39, 0.29) is 18.4 Å². The predicted octanol–water partition coefficient (Wildman–Crippen LogP) is -0.617. The average Bonchev–Trinajstić information content (AvgIpc) is 2.34. The van der Waals surface area contributed by atoms with Gasteiger partial charge >= 0.3 is 0 Å². The molecule has 0 radical (unpaired) electrons. The van der Waals surface area contributed by atoms with Crippen LogP contribution in [0.2, 0.25) is 0 Å². The molecule has 0 unspecified atom stereocenters. The van der Waals surface area contributed by atoms with Crippen molar-refractivity contribution in [3.8, 4) is 0 Å². The largest absolute Gasteiger partial charge is 0.381 e. The van der Waals surface area contributed by atoms with Crippen molar-refractivity contribution in [2.75, 3.05) is 26.3 Å². The third kappa shape index (κ3) is 4.62. The summed E-state index contributed by atoms with van der Waals surface area (Å²) in [7, 11) is 0. The van der Waals surface area contributed by atoms with Gasteiger partial charge in [-0.3, -0.25) is 9.59 Å². The third-order valence-electron chi connectivity index (χ3n) is 2.95. The normalized spacial score (nSPS) is 18.4. The standard InChI is InChI=1S/C12H23N3O3/c1-9(2)7-14-10(16)8-15-11(17)12(13)3-5-18-6-4-12/h9H,3-8,13H2,1-2H3,(H,14,16)(H,15,17). The SMILES string of the molecule is CC(C)CNC(=O)CNC(=O)C1(N)CCOCC1. The van der Waals surface area contributed by atoms with Gasteiger partial charge in [-0.25, -0.2) is 0 Å². The summed E-state index contributed by atoms with van der Waals surface area (Å²) in [5.74, 6) is -0.0702. The van der Waals surface area contributed by atoms with Crippen LogP contribution in [0.15, 0.2) is 0 Å². The van der Waals surface area contributed by atoms with Crippen molar-refractivity contribution >= 4 is 11.8 Å². The van der Waals surface area contributed by atoms with Gasteiger partial charge < -0.3 is 21.1 Å². The van der Waals surface area contributed by atoms with E-state index in [9.17, 15) is 9.59 Å². The molecular formula is C12H23N3O3. The highest BCUT2D eigenvalue weighted by molar-refractivity contribution is 5.90. The molecule has 104 valence electrons. The Balaban J connectivity index is 2.29. The highest BCUT2D eigenvalue weighted by atomic mass is 16.5. The molecule has 0 saturated carbocycles. The van der Waals surface area contributed by atoms with Crippen molar-refractivity contribution in [2.24, 2.45) is 11.7 Å². The van der Waals surface area contributed by atoms with Crippen LogP contribution in [-0.2, 0) is 14.3 Å². The Kier molecular flexibility index (Phi) is 5.55. The van der Waals surface area contributed by atoms with Crippen LogP contribution in [0.25, 0.3) is 0 Å². The summed E-state index contributed by atoms with van der Waals surface area (Å²) in [5.41, 5.74) is 5.09. The number of nitrogens with one attached hydrogen (secondary N) is 2. The second-order valence-corrected chi connectivity index (χ2v) is 5.15. The van der Waals surface area contributed by atoms with Crippen LogP contribution >= 0.6 is 0 Å². The third-order valence-corrected chi connectivity index (χ3v) is 2.95. The summed E-state index contributed by atoms with van der Waals surface area (Å²) >= 11 is 0. The van der Waals surface area contributed by atoms with Crippen LogP contribution in [0.3, 0.4) is 0 Å². The average molecular weight is 257 g/mol. The van der Waals surface area contributed by atoms with Gasteiger partial charge in [-0.2, -0.15) is 0 Å². The number of carbonyl (C=O) groups excluding carboxylic acids is 2. The van der Waals surface area contributed by atoms with Crippen molar-refractivity contribution in [3.05, 3.63) is 0 Å². The number of rotatable bonds is 5. The molecule has 1 fully saturated rings. The fourth-order valence-corrected chi connectivity index (χ4v) is 1.68. The van der Waals surface area contributed by atoms with E-state index in [1.807, 2.05) is 13.8 Å². The molecule has 6 nitrogen and oxygen atoms in total. The van der Waals surface area contributed by atoms with Gasteiger partial charge in [-0.1, -0.05) is 13.8 Å². The van der Waals surface area contributed by atoms with Gasteiger partial charge in [0.05, 0.1) is 12.1 Å². The Morgan fingerprint density at radius 1 is 1.28 bits per heavy atom. The summed E-state index contributed by atoms with van der Waals surface area (Å²) in [6.45, 7) is 5.58. The Hall–Kier alpha value is -1.14. The number of carbonyl (C=O) groups is 2. The summed E-state index contributed by atoms with van der Waals surface area (Å²) in [6, 6.07) is 0. The first-order valence-corrected chi connectivity index (χ1v) is 6.35. The molecule has 1 rings (SSSR count). The lowest BCUT2D eigenvalue weighted by Gasteiger charge is -2.31. The Morgan fingerprint density at radius 3 is 2.44 bits per heavy atom. The maximum Gasteiger partial charge on any atom is 0.240 e. The first-order chi connectivity index (χ1) is 8.44. The predicted molar refractivity (Wildman–Crippen MR) is 67.8 cm³/mol. The van der Waals surface area contributed by atoms with Gasteiger partial charge in [-0.15, -0.1) is 0 Å². The molecule has 2 amide bonds. The van der Waals surface area contributed by atoms with E-state index in [1.54, 1.807) is 0 Å². The van der Waals surface area contributed by atoms with E-state index in [0.717, 1.165) is 0 Å². The Bertz CT molecular complexity index is 299. The van der Waals surface area contributed by atoms with Crippen LogP contribution in [0.1, 0.15) is 26.7 Å². The number of hydrogen-bond donors (Lipinski definition) is 3. The molecule has 0 aliphatic carbocycles. The molecule has 18 heavy (non-hydrogen) atoms. The van der Waals surface area contributed by atoms with E-state index < -0.39 is 5.54 Å². The van der Waals surface area contributed by atoms with Gasteiger partial charge in [0.1, 0.15) is 0 Å². The number of ether oxygens (including phenoxy) is 1. The summed E-state index contributed by atoms with van der Waals surface area (Å²) < 4.78 is 5.17. The van der Waals surface area contributed by atoms with Crippen molar-refractivity contribution in [2.45, 2.75) is 32.2 Å². The quantitative estimate of drug-likeness (QED) is 0.612. The molecule has 1 heterocycles. The molecule has 4 N–H and O–H groups in total. The molecule has 0 aromatic carbocycles. The van der Waals surface area contributed by atoms with Crippen molar-refractivity contribution in [1.82, 2.24) is 10.6 Å². The zero-order valence-electron chi connectivity index (χ0n) is 11.1. The number of nitrogens with two attached hydrogens (primary N) is 1. The lowest BCUT2D eigenvalue weighted by atomic mass is 9.90. The molecule has 0 spiro atoms. The first kappa shape index (κ1) is 14.9. The lowest BCUT2D eigenvalue weighted by Crippen LogP contribution is -2.58. The van der Waals surface area contributed by atoms with E-state index in [4.69, 9.17) is 10.5 Å². The summed E-state index contributed by atoms with van der Waals surface area (Å²) in [5, 5.41) is 5.32. The van der Waals surface area contributed by atoms with E-state index in [2.05, 4.69) is 10.6 Å². The van der Waals surface area contributed by atoms with Gasteiger partial charge in [-0.05, 0) is 18.8 Å². The minimum absolute atomic E-state index is 0.0225. The minimum Gasteiger partial charge on any atom is -0.381 e. The maximum atomic E-state index is 11.9. The van der Waals surface area contributed by atoms with E-state index >= 15 is 0 Å². The topological polar surface area (TPSA) is 93.5 Å². The lowest BCUT2D eigenvalue weighted by molar-refractivity contribution is -0.132. The van der Waals surface area contributed by atoms with Crippen LogP contribution in [0.4, 0.5) is 0 Å². The van der Waals surface area contributed by atoms with Crippen LogP contribution in [0, 0.1) is 5.92 Å². The summed E-state index contributed by atoms with van der Waals surface area (Å²) in [6.07, 6.45) is 0.985.